The van der Waals surface area contributed by atoms with Crippen LogP contribution in [-0.4, -0.2) is 55.4 Å². The maximum Gasteiger partial charge on any atom is 0.308 e. The lowest BCUT2D eigenvalue weighted by molar-refractivity contribution is -0.152. The molecule has 0 radical (unpaired) electrons. The number of rotatable bonds is 9. The van der Waals surface area contributed by atoms with Gasteiger partial charge >= 0.3 is 5.97 Å². The molecule has 0 aromatic heterocycles. The Morgan fingerprint density at radius 2 is 1.65 bits per heavy atom. The van der Waals surface area contributed by atoms with Crippen molar-refractivity contribution < 1.29 is 19.4 Å². The highest BCUT2D eigenvalue weighted by atomic mass is 35.5. The summed E-state index contributed by atoms with van der Waals surface area (Å²) < 4.78 is 11.1. The number of hydrogen-bond acceptors (Lipinski definition) is 5. The first-order valence-electron chi connectivity index (χ1n) is 12.6. The van der Waals surface area contributed by atoms with E-state index in [9.17, 15) is 9.90 Å². The lowest BCUT2D eigenvalue weighted by Crippen LogP contribution is -2.68. The number of carbonyl (C=O) groups is 1. The van der Waals surface area contributed by atoms with Crippen molar-refractivity contribution in [2.24, 2.45) is 11.8 Å². The number of carboxylic acids is 1. The van der Waals surface area contributed by atoms with Gasteiger partial charge in [0.2, 0.25) is 0 Å². The van der Waals surface area contributed by atoms with Crippen LogP contribution in [-0.2, 0) is 11.3 Å². The third kappa shape index (κ3) is 5.47. The van der Waals surface area contributed by atoms with Crippen molar-refractivity contribution >= 4 is 18.4 Å². The Bertz CT molecular complexity index is 1140. The summed E-state index contributed by atoms with van der Waals surface area (Å²) >= 11 is 0. The first kappa shape index (κ1) is 27.0. The normalized spacial score (nSPS) is 24.4. The summed E-state index contributed by atoms with van der Waals surface area (Å²) in [6.07, 6.45) is 0.872. The number of nitrogens with zero attached hydrogens (tertiary/aromatic N) is 1. The maximum atomic E-state index is 12.3. The number of methoxy groups -OCH3 is 2. The second-order valence-corrected chi connectivity index (χ2v) is 9.77. The van der Waals surface area contributed by atoms with E-state index in [4.69, 9.17) is 9.47 Å². The standard InChI is InChI=1S/C30H34N2O4.ClH/c1-35-23-13-14-26(36-2)22(17-23)18-31-28-24-15-16-32(19-25(24)30(33)34)29(28)27(20-9-5-3-6-10-20)21-11-7-4-8-12-21;/h3-14,17,24-25,27-29,31H,15-16,18-19H2,1-2H3,(H,33,34);1H. The van der Waals surface area contributed by atoms with Crippen LogP contribution in [0.15, 0.2) is 78.9 Å². The highest BCUT2D eigenvalue weighted by Gasteiger charge is 2.52. The van der Waals surface area contributed by atoms with Crippen molar-refractivity contribution in [3.63, 3.8) is 0 Å². The predicted molar refractivity (Wildman–Crippen MR) is 147 cm³/mol. The molecule has 5 atom stereocenters. The van der Waals surface area contributed by atoms with Crippen LogP contribution in [0.25, 0.3) is 0 Å². The Hall–Kier alpha value is -3.06. The van der Waals surface area contributed by atoms with Crippen LogP contribution in [0.2, 0.25) is 0 Å². The fourth-order valence-corrected chi connectivity index (χ4v) is 6.28. The fraction of sp³-hybridized carbons (Fsp3) is 0.367. The Labute approximate surface area is 225 Å². The van der Waals surface area contributed by atoms with Gasteiger partial charge in [-0.1, -0.05) is 60.7 Å². The predicted octanol–water partition coefficient (Wildman–Crippen LogP) is 4.82. The summed E-state index contributed by atoms with van der Waals surface area (Å²) in [6.45, 7) is 2.06. The maximum absolute atomic E-state index is 12.3. The van der Waals surface area contributed by atoms with Gasteiger partial charge in [-0.15, -0.1) is 12.4 Å². The van der Waals surface area contributed by atoms with Crippen molar-refractivity contribution in [2.45, 2.75) is 31.0 Å². The Morgan fingerprint density at radius 1 is 1.00 bits per heavy atom. The summed E-state index contributed by atoms with van der Waals surface area (Å²) in [6, 6.07) is 27.1. The van der Waals surface area contributed by atoms with E-state index < -0.39 is 5.97 Å². The van der Waals surface area contributed by atoms with Gasteiger partial charge in [0.15, 0.2) is 0 Å². The number of halogens is 1. The second-order valence-electron chi connectivity index (χ2n) is 9.77. The third-order valence-corrected chi connectivity index (χ3v) is 7.94. The molecule has 3 aliphatic rings. The first-order chi connectivity index (χ1) is 17.6. The second kappa shape index (κ2) is 12.0. The summed E-state index contributed by atoms with van der Waals surface area (Å²) in [4.78, 5) is 14.7. The molecule has 6 nitrogen and oxygen atoms in total. The number of ether oxygens (including phenoxy) is 2. The third-order valence-electron chi connectivity index (χ3n) is 7.94. The van der Waals surface area contributed by atoms with Crippen LogP contribution in [0.5, 0.6) is 11.5 Å². The average molecular weight is 523 g/mol. The Morgan fingerprint density at radius 3 is 2.22 bits per heavy atom. The molecular weight excluding hydrogens is 488 g/mol. The van der Waals surface area contributed by atoms with Crippen LogP contribution in [0.3, 0.4) is 0 Å². The zero-order valence-corrected chi connectivity index (χ0v) is 22.1. The number of nitrogens with one attached hydrogen (secondary N) is 1. The van der Waals surface area contributed by atoms with E-state index in [1.54, 1.807) is 14.2 Å². The molecule has 6 rings (SSSR count). The zero-order chi connectivity index (χ0) is 25.1. The fourth-order valence-electron chi connectivity index (χ4n) is 6.28. The monoisotopic (exact) mass is 522 g/mol. The minimum absolute atomic E-state index is 0. The van der Waals surface area contributed by atoms with Gasteiger partial charge in [0.25, 0.3) is 0 Å². The first-order valence-corrected chi connectivity index (χ1v) is 12.6. The van der Waals surface area contributed by atoms with Crippen LogP contribution in [0, 0.1) is 11.8 Å². The van der Waals surface area contributed by atoms with E-state index in [2.05, 4.69) is 58.7 Å². The highest BCUT2D eigenvalue weighted by molar-refractivity contribution is 5.85. The molecule has 3 aromatic rings. The van der Waals surface area contributed by atoms with Crippen molar-refractivity contribution in [2.75, 3.05) is 27.3 Å². The van der Waals surface area contributed by atoms with E-state index >= 15 is 0 Å². The molecule has 0 amide bonds. The lowest BCUT2D eigenvalue weighted by atomic mass is 9.66. The smallest absolute Gasteiger partial charge is 0.308 e. The van der Waals surface area contributed by atoms with Gasteiger partial charge in [-0.3, -0.25) is 9.69 Å². The molecule has 37 heavy (non-hydrogen) atoms. The van der Waals surface area contributed by atoms with E-state index in [-0.39, 0.29) is 42.2 Å². The van der Waals surface area contributed by atoms with Crippen molar-refractivity contribution in [3.8, 4) is 11.5 Å². The summed E-state index contributed by atoms with van der Waals surface area (Å²) in [7, 11) is 3.33. The van der Waals surface area contributed by atoms with Crippen LogP contribution < -0.4 is 14.8 Å². The Balaban J connectivity index is 0.00000320. The van der Waals surface area contributed by atoms with Crippen molar-refractivity contribution in [1.82, 2.24) is 10.2 Å². The molecule has 7 heteroatoms. The van der Waals surface area contributed by atoms with E-state index in [1.165, 1.54) is 11.1 Å². The summed E-state index contributed by atoms with van der Waals surface area (Å²) in [5.41, 5.74) is 3.49. The van der Waals surface area contributed by atoms with Crippen molar-refractivity contribution in [3.05, 3.63) is 95.6 Å². The SMILES string of the molecule is COc1ccc(OC)c(CNC2C3CCN(CC3C(=O)O)C2C(c2ccccc2)c2ccccc2)c1.Cl. The van der Waals surface area contributed by atoms with Gasteiger partial charge in [0.05, 0.1) is 20.1 Å². The van der Waals surface area contributed by atoms with E-state index in [0.717, 1.165) is 30.0 Å². The molecule has 0 saturated carbocycles. The zero-order valence-electron chi connectivity index (χ0n) is 21.2. The number of fused-ring (bicyclic) bond motifs is 3. The van der Waals surface area contributed by atoms with Crippen LogP contribution in [0.4, 0.5) is 0 Å². The molecule has 3 aromatic carbocycles. The summed E-state index contributed by atoms with van der Waals surface area (Å²) in [5.74, 6) is 0.641. The summed E-state index contributed by atoms with van der Waals surface area (Å²) in [5, 5.41) is 13.9. The molecule has 0 aliphatic carbocycles. The van der Waals surface area contributed by atoms with Gasteiger partial charge < -0.3 is 19.9 Å². The highest BCUT2D eigenvalue weighted by Crippen LogP contribution is 2.44. The van der Waals surface area contributed by atoms with Gasteiger partial charge in [0.1, 0.15) is 11.5 Å². The minimum Gasteiger partial charge on any atom is -0.497 e. The Kier molecular flexibility index (Phi) is 8.75. The van der Waals surface area contributed by atoms with E-state index in [0.29, 0.717) is 13.1 Å². The molecule has 3 saturated heterocycles. The lowest BCUT2D eigenvalue weighted by Gasteiger charge is -2.56. The number of piperidine rings is 3. The topological polar surface area (TPSA) is 71.0 Å². The molecule has 3 heterocycles. The van der Waals surface area contributed by atoms with Crippen LogP contribution >= 0.6 is 12.4 Å². The molecule has 2 N–H and O–H groups in total. The number of benzene rings is 3. The van der Waals surface area contributed by atoms with Gasteiger partial charge in [0, 0.05) is 36.7 Å². The molecule has 5 unspecified atom stereocenters. The van der Waals surface area contributed by atoms with Gasteiger partial charge in [-0.2, -0.15) is 0 Å². The average Bonchev–Trinajstić information content (AvgIpc) is 2.93. The molecular formula is C30H35ClN2O4. The number of carboxylic acid groups (broad SMARTS) is 1. The van der Waals surface area contributed by atoms with Crippen LogP contribution in [0.1, 0.15) is 29.0 Å². The van der Waals surface area contributed by atoms with E-state index in [1.807, 2.05) is 30.3 Å². The number of aliphatic carboxylic acids is 1. The van der Waals surface area contributed by atoms with Gasteiger partial charge in [-0.05, 0) is 48.2 Å². The number of hydrogen-bond donors (Lipinski definition) is 2. The molecule has 196 valence electrons. The molecule has 0 spiro atoms. The molecule has 3 aliphatic heterocycles. The minimum atomic E-state index is -0.704. The molecule has 3 fully saturated rings. The van der Waals surface area contributed by atoms with Crippen molar-refractivity contribution in [1.29, 1.82) is 0 Å². The largest absolute Gasteiger partial charge is 0.497 e. The quantitative estimate of drug-likeness (QED) is 0.420. The molecule has 2 bridgehead atoms. The van der Waals surface area contributed by atoms with Gasteiger partial charge in [-0.25, -0.2) is 0 Å².